The third kappa shape index (κ3) is 3.28. The summed E-state index contributed by atoms with van der Waals surface area (Å²) >= 11 is 0. The Kier molecular flexibility index (Phi) is 6.20. The van der Waals surface area contributed by atoms with Crippen molar-refractivity contribution >= 4 is 17.7 Å². The molecule has 8 nitrogen and oxygen atoms in total. The van der Waals surface area contributed by atoms with Gasteiger partial charge < -0.3 is 24.5 Å². The van der Waals surface area contributed by atoms with Crippen LogP contribution >= 0.6 is 0 Å². The van der Waals surface area contributed by atoms with Crippen LogP contribution in [-0.4, -0.2) is 93.1 Å². The molecule has 4 heterocycles. The quantitative estimate of drug-likeness (QED) is 0.606. The Bertz CT molecular complexity index is 885. The molecule has 4 aliphatic heterocycles. The van der Waals surface area contributed by atoms with Gasteiger partial charge in [-0.15, -0.1) is 0 Å². The first kappa shape index (κ1) is 24.0. The van der Waals surface area contributed by atoms with Gasteiger partial charge in [0.25, 0.3) is 0 Å². The van der Waals surface area contributed by atoms with Crippen molar-refractivity contribution in [2.24, 2.45) is 11.8 Å². The Morgan fingerprint density at radius 2 is 1.73 bits per heavy atom. The van der Waals surface area contributed by atoms with E-state index in [1.807, 2.05) is 52.0 Å². The van der Waals surface area contributed by atoms with Crippen LogP contribution in [0.15, 0.2) is 24.3 Å². The maximum atomic E-state index is 14.1. The highest BCUT2D eigenvalue weighted by Gasteiger charge is 2.75. The molecule has 0 aliphatic carbocycles. The van der Waals surface area contributed by atoms with Crippen molar-refractivity contribution in [1.82, 2.24) is 14.7 Å². The Balaban J connectivity index is 1.92. The smallest absolute Gasteiger partial charge is 0.249 e. The summed E-state index contributed by atoms with van der Waals surface area (Å²) in [5.41, 5.74) is -2.21. The first-order valence-electron chi connectivity index (χ1n) is 12.3. The second-order valence-electron chi connectivity index (χ2n) is 10.1. The van der Waals surface area contributed by atoms with Gasteiger partial charge >= 0.3 is 0 Å². The Morgan fingerprint density at radius 3 is 2.33 bits per heavy atom. The molecule has 1 spiro atoms. The third-order valence-corrected chi connectivity index (χ3v) is 7.85. The molecule has 0 aromatic carbocycles. The zero-order valence-corrected chi connectivity index (χ0v) is 20.4. The topological polar surface area (TPSA) is 90.4 Å². The largest absolute Gasteiger partial charge is 0.394 e. The van der Waals surface area contributed by atoms with Gasteiger partial charge in [-0.3, -0.25) is 14.4 Å². The van der Waals surface area contributed by atoms with E-state index in [1.54, 1.807) is 16.7 Å². The molecule has 4 rings (SSSR count). The number of ether oxygens (including phenoxy) is 1. The van der Waals surface area contributed by atoms with E-state index >= 15 is 0 Å². The average Bonchev–Trinajstić information content (AvgIpc) is 3.08. The van der Waals surface area contributed by atoms with Crippen LogP contribution in [-0.2, 0) is 19.1 Å². The molecule has 1 unspecified atom stereocenters. The second kappa shape index (κ2) is 8.55. The summed E-state index contributed by atoms with van der Waals surface area (Å²) in [6.07, 6.45) is 9.01. The van der Waals surface area contributed by atoms with Crippen molar-refractivity contribution in [2.45, 2.75) is 76.8 Å². The third-order valence-electron chi connectivity index (χ3n) is 7.85. The van der Waals surface area contributed by atoms with E-state index in [4.69, 9.17) is 4.74 Å². The molecule has 0 aromatic rings. The van der Waals surface area contributed by atoms with Crippen LogP contribution in [0.2, 0.25) is 0 Å². The van der Waals surface area contributed by atoms with Crippen LogP contribution in [0.4, 0.5) is 0 Å². The van der Waals surface area contributed by atoms with Gasteiger partial charge in [-0.25, -0.2) is 0 Å². The molecule has 8 heteroatoms. The SMILES string of the molecule is CCCN1CC=C[C@]2(CC)O[C@]34C=CCN(C(C)C)C(=O)C3N([C@H](C)CO)C(=O)[C@@H]4[C@@H]2C1=O. The average molecular weight is 460 g/mol. The van der Waals surface area contributed by atoms with Gasteiger partial charge in [0.1, 0.15) is 11.6 Å². The molecule has 2 fully saturated rings. The van der Waals surface area contributed by atoms with Crippen molar-refractivity contribution in [1.29, 1.82) is 0 Å². The molecular formula is C25H37N3O5. The van der Waals surface area contributed by atoms with Crippen LogP contribution in [0.25, 0.3) is 0 Å². The number of rotatable bonds is 6. The molecule has 6 atom stereocenters. The lowest BCUT2D eigenvalue weighted by Gasteiger charge is -2.40. The standard InChI is InChI=1S/C25H37N3O5/c1-6-12-26-13-8-10-24(7-2)18(21(26)30)19-22(31)28(17(5)15-29)20-23(32)27(16(3)4)14-9-11-25(19,20)33-24/h8-11,16-20,29H,6-7,12-15H2,1-5H3/t17-,18-,19+,20?,24+,25+/m1/s1. The maximum absolute atomic E-state index is 14.1. The molecule has 3 amide bonds. The van der Waals surface area contributed by atoms with Gasteiger partial charge in [-0.2, -0.15) is 0 Å². The fourth-order valence-electron chi connectivity index (χ4n) is 6.27. The van der Waals surface area contributed by atoms with Gasteiger partial charge in [0.2, 0.25) is 17.7 Å². The number of aliphatic hydroxyl groups excluding tert-OH is 1. The van der Waals surface area contributed by atoms with E-state index < -0.39 is 35.1 Å². The molecule has 0 saturated carbocycles. The molecule has 182 valence electrons. The number of fused-ring (bicyclic) bond motifs is 2. The summed E-state index contributed by atoms with van der Waals surface area (Å²) in [7, 11) is 0. The lowest BCUT2D eigenvalue weighted by molar-refractivity contribution is -0.157. The molecular weight excluding hydrogens is 422 g/mol. The van der Waals surface area contributed by atoms with E-state index in [2.05, 4.69) is 0 Å². The van der Waals surface area contributed by atoms with Crippen molar-refractivity contribution in [3.63, 3.8) is 0 Å². The van der Waals surface area contributed by atoms with E-state index in [0.717, 1.165) is 6.42 Å². The van der Waals surface area contributed by atoms with Crippen LogP contribution in [0.5, 0.6) is 0 Å². The van der Waals surface area contributed by atoms with Crippen molar-refractivity contribution < 1.29 is 24.2 Å². The minimum atomic E-state index is -1.25. The highest BCUT2D eigenvalue weighted by molar-refractivity contribution is 6.00. The zero-order chi connectivity index (χ0) is 24.1. The lowest BCUT2D eigenvalue weighted by atomic mass is 9.73. The summed E-state index contributed by atoms with van der Waals surface area (Å²) in [6, 6.07) is -1.56. The highest BCUT2D eigenvalue weighted by Crippen LogP contribution is 2.58. The van der Waals surface area contributed by atoms with Crippen LogP contribution in [0.3, 0.4) is 0 Å². The number of hydrogen-bond donors (Lipinski definition) is 1. The number of hydrogen-bond acceptors (Lipinski definition) is 5. The summed E-state index contributed by atoms with van der Waals surface area (Å²) in [5.74, 6) is -2.12. The predicted molar refractivity (Wildman–Crippen MR) is 123 cm³/mol. The molecule has 1 N–H and O–H groups in total. The normalized spacial score (nSPS) is 36.8. The van der Waals surface area contributed by atoms with Crippen LogP contribution in [0.1, 0.15) is 47.5 Å². The van der Waals surface area contributed by atoms with Crippen molar-refractivity contribution in [3.05, 3.63) is 24.3 Å². The first-order chi connectivity index (χ1) is 15.7. The number of likely N-dealkylation sites (tertiary alicyclic amines) is 1. The minimum Gasteiger partial charge on any atom is -0.394 e. The first-order valence-corrected chi connectivity index (χ1v) is 12.3. The molecule has 0 radical (unpaired) electrons. The van der Waals surface area contributed by atoms with E-state index in [-0.39, 0.29) is 30.4 Å². The van der Waals surface area contributed by atoms with Gasteiger partial charge in [-0.1, -0.05) is 38.2 Å². The zero-order valence-electron chi connectivity index (χ0n) is 20.4. The number of amides is 3. The van der Waals surface area contributed by atoms with E-state index in [0.29, 0.717) is 26.1 Å². The Hall–Kier alpha value is -2.19. The molecule has 2 saturated heterocycles. The van der Waals surface area contributed by atoms with Gasteiger partial charge in [-0.05, 0) is 33.6 Å². The lowest BCUT2D eigenvalue weighted by Crippen LogP contribution is -2.59. The minimum absolute atomic E-state index is 0.0636. The number of aliphatic hydroxyl groups is 1. The van der Waals surface area contributed by atoms with E-state index in [9.17, 15) is 19.5 Å². The molecule has 4 aliphatic rings. The summed E-state index contributed by atoms with van der Waals surface area (Å²) in [4.78, 5) is 46.9. The summed E-state index contributed by atoms with van der Waals surface area (Å²) in [6.45, 7) is 10.8. The van der Waals surface area contributed by atoms with Gasteiger partial charge in [0, 0.05) is 25.7 Å². The maximum Gasteiger partial charge on any atom is 0.249 e. The molecule has 33 heavy (non-hydrogen) atoms. The van der Waals surface area contributed by atoms with Gasteiger partial charge in [0.05, 0.1) is 30.1 Å². The highest BCUT2D eigenvalue weighted by atomic mass is 16.5. The van der Waals surface area contributed by atoms with Gasteiger partial charge in [0.15, 0.2) is 0 Å². The summed E-state index contributed by atoms with van der Waals surface area (Å²) in [5, 5.41) is 9.97. The van der Waals surface area contributed by atoms with E-state index in [1.165, 1.54) is 4.90 Å². The Labute approximate surface area is 196 Å². The monoisotopic (exact) mass is 459 g/mol. The molecule has 0 bridgehead atoms. The second-order valence-corrected chi connectivity index (χ2v) is 10.1. The Morgan fingerprint density at radius 1 is 1.03 bits per heavy atom. The summed E-state index contributed by atoms with van der Waals surface area (Å²) < 4.78 is 6.86. The van der Waals surface area contributed by atoms with Crippen LogP contribution in [0, 0.1) is 11.8 Å². The number of carbonyl (C=O) groups is 3. The van der Waals surface area contributed by atoms with Crippen LogP contribution < -0.4 is 0 Å². The predicted octanol–water partition coefficient (Wildman–Crippen LogP) is 1.34. The molecule has 0 aromatic heterocycles. The van der Waals surface area contributed by atoms with Crippen molar-refractivity contribution in [3.8, 4) is 0 Å². The number of carbonyl (C=O) groups excluding carboxylic acids is 3. The number of nitrogens with zero attached hydrogens (tertiary/aromatic N) is 3. The fraction of sp³-hybridized carbons (Fsp3) is 0.720. The van der Waals surface area contributed by atoms with Crippen molar-refractivity contribution in [2.75, 3.05) is 26.2 Å². The fourth-order valence-corrected chi connectivity index (χ4v) is 6.27.